The molecule has 0 spiro atoms. The minimum atomic E-state index is -3.95. The fourth-order valence-corrected chi connectivity index (χ4v) is 2.21. The monoisotopic (exact) mass is 287 g/mol. The average molecular weight is 287 g/mol. The summed E-state index contributed by atoms with van der Waals surface area (Å²) in [4.78, 5) is 21.9. The Bertz CT molecular complexity index is 563. The molecule has 1 rings (SSSR count). The molecule has 0 amide bonds. The van der Waals surface area contributed by atoms with E-state index in [1.165, 1.54) is 31.4 Å². The first-order valence-corrected chi connectivity index (χ1v) is 6.85. The lowest BCUT2D eigenvalue weighted by Crippen LogP contribution is -2.33. The number of ketones is 1. The number of aliphatic carboxylic acids is 1. The quantitative estimate of drug-likeness (QED) is 0.677. The zero-order chi connectivity index (χ0) is 14.5. The molecule has 8 heteroatoms. The van der Waals surface area contributed by atoms with E-state index in [-0.39, 0.29) is 5.56 Å². The summed E-state index contributed by atoms with van der Waals surface area (Å²) in [6.07, 6.45) is 0. The Labute approximate surface area is 110 Å². The number of hydrogen-bond acceptors (Lipinski definition) is 5. The molecule has 0 saturated carbocycles. The van der Waals surface area contributed by atoms with Gasteiger partial charge in [-0.1, -0.05) is 0 Å². The van der Waals surface area contributed by atoms with Crippen molar-refractivity contribution in [2.75, 3.05) is 19.4 Å². The van der Waals surface area contributed by atoms with Crippen molar-refractivity contribution in [2.45, 2.75) is 0 Å². The molecule has 19 heavy (non-hydrogen) atoms. The number of ether oxygens (including phenoxy) is 1. The zero-order valence-corrected chi connectivity index (χ0v) is 10.9. The van der Waals surface area contributed by atoms with E-state index < -0.39 is 34.1 Å². The van der Waals surface area contributed by atoms with Gasteiger partial charge in [-0.05, 0) is 24.3 Å². The number of carbonyl (C=O) groups is 2. The summed E-state index contributed by atoms with van der Waals surface area (Å²) in [6.45, 7) is -0.752. The fraction of sp³-hybridized carbons (Fsp3) is 0.273. The van der Waals surface area contributed by atoms with E-state index in [0.717, 1.165) is 0 Å². The molecule has 2 N–H and O–H groups in total. The van der Waals surface area contributed by atoms with Crippen LogP contribution in [0.5, 0.6) is 5.75 Å². The van der Waals surface area contributed by atoms with Crippen molar-refractivity contribution < 1.29 is 27.9 Å². The first kappa shape index (κ1) is 15.1. The van der Waals surface area contributed by atoms with E-state index in [9.17, 15) is 18.0 Å². The molecule has 0 unspecified atom stereocenters. The van der Waals surface area contributed by atoms with Gasteiger partial charge in [0.15, 0.2) is 5.78 Å². The molecule has 0 bridgehead atoms. The highest BCUT2D eigenvalue weighted by Gasteiger charge is 2.18. The van der Waals surface area contributed by atoms with Gasteiger partial charge in [-0.15, -0.1) is 0 Å². The Hall–Kier alpha value is -1.93. The topological polar surface area (TPSA) is 110 Å². The van der Waals surface area contributed by atoms with Gasteiger partial charge >= 0.3 is 5.97 Å². The summed E-state index contributed by atoms with van der Waals surface area (Å²) in [6, 6.07) is 5.94. The molecule has 0 aliphatic rings. The van der Waals surface area contributed by atoms with Gasteiger partial charge in [-0.25, -0.2) is 13.1 Å². The lowest BCUT2D eigenvalue weighted by molar-refractivity contribution is -0.135. The molecule has 104 valence electrons. The highest BCUT2D eigenvalue weighted by molar-refractivity contribution is 7.90. The number of nitrogens with one attached hydrogen (secondary N) is 1. The van der Waals surface area contributed by atoms with Gasteiger partial charge in [-0.2, -0.15) is 0 Å². The molecule has 0 heterocycles. The van der Waals surface area contributed by atoms with Crippen molar-refractivity contribution in [3.8, 4) is 5.75 Å². The number of carboxylic acid groups (broad SMARTS) is 1. The lowest BCUT2D eigenvalue weighted by Gasteiger charge is -2.05. The van der Waals surface area contributed by atoms with Crippen LogP contribution < -0.4 is 9.46 Å². The minimum Gasteiger partial charge on any atom is -0.497 e. The Morgan fingerprint density at radius 1 is 1.26 bits per heavy atom. The fourth-order valence-electron chi connectivity index (χ4n) is 1.26. The third-order valence-electron chi connectivity index (χ3n) is 2.18. The van der Waals surface area contributed by atoms with Crippen LogP contribution in [-0.4, -0.2) is 44.7 Å². The maximum atomic E-state index is 11.7. The first-order chi connectivity index (χ1) is 8.84. The predicted octanol–water partition coefficient (Wildman–Crippen LogP) is -0.118. The van der Waals surface area contributed by atoms with Gasteiger partial charge in [0.05, 0.1) is 7.11 Å². The van der Waals surface area contributed by atoms with Crippen LogP contribution in [0.3, 0.4) is 0 Å². The van der Waals surface area contributed by atoms with Crippen molar-refractivity contribution in [1.29, 1.82) is 0 Å². The van der Waals surface area contributed by atoms with E-state index in [1.807, 2.05) is 4.72 Å². The van der Waals surface area contributed by atoms with E-state index in [0.29, 0.717) is 5.75 Å². The second-order valence-corrected chi connectivity index (χ2v) is 5.43. The second kappa shape index (κ2) is 6.30. The van der Waals surface area contributed by atoms with Crippen LogP contribution in [0.25, 0.3) is 0 Å². The zero-order valence-electron chi connectivity index (χ0n) is 10.1. The van der Waals surface area contributed by atoms with Crippen LogP contribution in [0.4, 0.5) is 0 Å². The maximum Gasteiger partial charge on any atom is 0.318 e. The first-order valence-electron chi connectivity index (χ1n) is 5.20. The van der Waals surface area contributed by atoms with Crippen LogP contribution in [0.2, 0.25) is 0 Å². The van der Waals surface area contributed by atoms with Gasteiger partial charge in [0, 0.05) is 5.56 Å². The van der Waals surface area contributed by atoms with Crippen molar-refractivity contribution in [2.24, 2.45) is 0 Å². The molecular weight excluding hydrogens is 274 g/mol. The SMILES string of the molecule is COc1ccc(C(=O)CS(=O)(=O)NCC(=O)O)cc1. The normalized spacial score (nSPS) is 11.0. The minimum absolute atomic E-state index is 0.210. The van der Waals surface area contributed by atoms with Gasteiger partial charge in [0.1, 0.15) is 18.0 Å². The number of carbonyl (C=O) groups excluding carboxylic acids is 1. The van der Waals surface area contributed by atoms with Crippen LogP contribution in [0.15, 0.2) is 24.3 Å². The van der Waals surface area contributed by atoms with E-state index in [1.54, 1.807) is 0 Å². The number of methoxy groups -OCH3 is 1. The third kappa shape index (κ3) is 5.06. The summed E-state index contributed by atoms with van der Waals surface area (Å²) in [7, 11) is -2.48. The third-order valence-corrected chi connectivity index (χ3v) is 3.40. The molecule has 0 atom stereocenters. The summed E-state index contributed by atoms with van der Waals surface area (Å²) in [5.74, 6) is -2.20. The Balaban J connectivity index is 2.70. The number of benzene rings is 1. The van der Waals surface area contributed by atoms with Gasteiger partial charge in [0.25, 0.3) is 0 Å². The van der Waals surface area contributed by atoms with Crippen LogP contribution in [0.1, 0.15) is 10.4 Å². The van der Waals surface area contributed by atoms with Crippen LogP contribution in [-0.2, 0) is 14.8 Å². The molecule has 7 nitrogen and oxygen atoms in total. The number of carboxylic acids is 1. The number of rotatable bonds is 7. The molecule has 0 aromatic heterocycles. The lowest BCUT2D eigenvalue weighted by atomic mass is 10.1. The van der Waals surface area contributed by atoms with Crippen molar-refractivity contribution in [3.63, 3.8) is 0 Å². The van der Waals surface area contributed by atoms with E-state index >= 15 is 0 Å². The molecular formula is C11H13NO6S. The second-order valence-electron chi connectivity index (χ2n) is 3.63. The van der Waals surface area contributed by atoms with Gasteiger partial charge in [-0.3, -0.25) is 9.59 Å². The number of hydrogen-bond donors (Lipinski definition) is 2. The van der Waals surface area contributed by atoms with Crippen molar-refractivity contribution in [3.05, 3.63) is 29.8 Å². The molecule has 0 aliphatic carbocycles. The van der Waals surface area contributed by atoms with Gasteiger partial charge in [0.2, 0.25) is 10.0 Å². The molecule has 0 radical (unpaired) electrons. The van der Waals surface area contributed by atoms with Crippen LogP contribution >= 0.6 is 0 Å². The molecule has 0 aliphatic heterocycles. The molecule has 0 fully saturated rings. The summed E-state index contributed by atoms with van der Waals surface area (Å²) >= 11 is 0. The van der Waals surface area contributed by atoms with E-state index in [4.69, 9.17) is 9.84 Å². The van der Waals surface area contributed by atoms with Gasteiger partial charge < -0.3 is 9.84 Å². The number of Topliss-reactive ketones (excluding diaryl/α,β-unsaturated/α-hetero) is 1. The molecule has 1 aromatic rings. The summed E-state index contributed by atoms with van der Waals surface area (Å²) in [5, 5.41) is 8.36. The largest absolute Gasteiger partial charge is 0.497 e. The average Bonchev–Trinajstić information content (AvgIpc) is 2.36. The summed E-state index contributed by atoms with van der Waals surface area (Å²) in [5.41, 5.74) is 0.210. The maximum absolute atomic E-state index is 11.7. The smallest absolute Gasteiger partial charge is 0.318 e. The van der Waals surface area contributed by atoms with Crippen LogP contribution in [0, 0.1) is 0 Å². The molecule has 1 aromatic carbocycles. The Morgan fingerprint density at radius 3 is 2.32 bits per heavy atom. The van der Waals surface area contributed by atoms with Crippen molar-refractivity contribution in [1.82, 2.24) is 4.72 Å². The molecule has 0 saturated heterocycles. The standard InChI is InChI=1S/C11H13NO6S/c1-18-9-4-2-8(3-5-9)10(13)7-19(16,17)12-6-11(14)15/h2-5,12H,6-7H2,1H3,(H,14,15). The number of sulfonamides is 1. The highest BCUT2D eigenvalue weighted by Crippen LogP contribution is 2.12. The predicted molar refractivity (Wildman–Crippen MR) is 66.7 cm³/mol. The van der Waals surface area contributed by atoms with Crippen molar-refractivity contribution >= 4 is 21.8 Å². The Kier molecular flexibility index (Phi) is 5.02. The highest BCUT2D eigenvalue weighted by atomic mass is 32.2. The van der Waals surface area contributed by atoms with E-state index in [2.05, 4.69) is 0 Å². The Morgan fingerprint density at radius 2 is 1.84 bits per heavy atom. The summed E-state index contributed by atoms with van der Waals surface area (Å²) < 4.78 is 29.6.